The summed E-state index contributed by atoms with van der Waals surface area (Å²) in [5.41, 5.74) is 0. The molecule has 0 atom stereocenters. The zero-order valence-electron chi connectivity index (χ0n) is 11.8. The Labute approximate surface area is 108 Å². The molecule has 4 nitrogen and oxygen atoms in total. The predicted molar refractivity (Wildman–Crippen MR) is 81.1 cm³/mol. The largest absolute Gasteiger partial charge is 0.449 e. The highest BCUT2D eigenvalue weighted by Crippen LogP contribution is 2.20. The van der Waals surface area contributed by atoms with Gasteiger partial charge in [-0.2, -0.15) is 0 Å². The lowest BCUT2D eigenvalue weighted by Crippen LogP contribution is -2.53. The van der Waals surface area contributed by atoms with E-state index in [4.69, 9.17) is 16.5 Å². The van der Waals surface area contributed by atoms with E-state index < -0.39 is 35.4 Å². The second-order valence-corrected chi connectivity index (χ2v) is 20.8. The molecule has 0 radical (unpaired) electrons. The first-order valence-corrected chi connectivity index (χ1v) is 16.5. The predicted octanol–water partition coefficient (Wildman–Crippen LogP) is 0.570. The first kappa shape index (κ1) is 16.9. The first-order chi connectivity index (χ1) is 6.97. The SMILES string of the molecule is C[Si](C)(C)O[Si](C)(C)O[Si](C)(C)O[SiH2]O[SiH3]. The molecule has 0 aliphatic carbocycles. The van der Waals surface area contributed by atoms with Crippen molar-refractivity contribution in [3.05, 3.63) is 0 Å². The van der Waals surface area contributed by atoms with Gasteiger partial charge in [0.2, 0.25) is 0 Å². The standard InChI is InChI=1S/C7H26O4Si5/c1-14(2,3)10-16(6,7)11-15(4,5)9-13-8-12/h13H2,1-7,12H3. The fourth-order valence-corrected chi connectivity index (χ4v) is 16.2. The van der Waals surface area contributed by atoms with Crippen LogP contribution >= 0.6 is 0 Å². The first-order valence-electron chi connectivity index (χ1n) is 5.51. The van der Waals surface area contributed by atoms with Crippen molar-refractivity contribution >= 4 is 45.9 Å². The van der Waals surface area contributed by atoms with Crippen LogP contribution in [0.4, 0.5) is 0 Å². The molecule has 0 aliphatic heterocycles. The van der Waals surface area contributed by atoms with E-state index in [9.17, 15) is 0 Å². The molecule has 0 aliphatic rings. The van der Waals surface area contributed by atoms with Crippen molar-refractivity contribution in [3.63, 3.8) is 0 Å². The number of rotatable bonds is 7. The molecule has 0 bridgehead atoms. The molecule has 0 aromatic rings. The van der Waals surface area contributed by atoms with Gasteiger partial charge in [-0.25, -0.2) is 0 Å². The molecule has 0 saturated carbocycles. The average molecular weight is 315 g/mol. The van der Waals surface area contributed by atoms with Crippen LogP contribution in [-0.4, -0.2) is 45.9 Å². The molecule has 0 heterocycles. The quantitative estimate of drug-likeness (QED) is 0.644. The fourth-order valence-electron chi connectivity index (χ4n) is 1.58. The minimum absolute atomic E-state index is 0.758. The van der Waals surface area contributed by atoms with Crippen LogP contribution in [0.25, 0.3) is 0 Å². The zero-order valence-corrected chi connectivity index (χ0v) is 18.3. The third-order valence-corrected chi connectivity index (χ3v) is 14.1. The Bertz CT molecular complexity index is 215. The van der Waals surface area contributed by atoms with Crippen LogP contribution in [0.1, 0.15) is 0 Å². The van der Waals surface area contributed by atoms with E-state index in [1.165, 1.54) is 0 Å². The van der Waals surface area contributed by atoms with Crippen molar-refractivity contribution in [2.45, 2.75) is 45.8 Å². The maximum atomic E-state index is 6.14. The Morgan fingerprint density at radius 3 is 1.69 bits per heavy atom. The smallest absolute Gasteiger partial charge is 0.313 e. The van der Waals surface area contributed by atoms with E-state index in [0.29, 0.717) is 0 Å². The highest BCUT2D eigenvalue weighted by molar-refractivity contribution is 6.86. The fraction of sp³-hybridized carbons (Fsp3) is 1.00. The van der Waals surface area contributed by atoms with Crippen LogP contribution in [-0.2, 0) is 16.5 Å². The monoisotopic (exact) mass is 314 g/mol. The Kier molecular flexibility index (Phi) is 6.55. The molecule has 0 rings (SSSR count). The number of hydrogen-bond acceptors (Lipinski definition) is 4. The molecule has 98 valence electrons. The summed E-state index contributed by atoms with van der Waals surface area (Å²) in [6.07, 6.45) is 0. The van der Waals surface area contributed by atoms with Gasteiger partial charge >= 0.3 is 17.1 Å². The van der Waals surface area contributed by atoms with Crippen LogP contribution in [0.3, 0.4) is 0 Å². The molecular weight excluding hydrogens is 289 g/mol. The molecule has 0 spiro atoms. The summed E-state index contributed by atoms with van der Waals surface area (Å²) >= 11 is 0. The van der Waals surface area contributed by atoms with Gasteiger partial charge in [-0.05, 0) is 45.8 Å². The summed E-state index contributed by atoms with van der Waals surface area (Å²) < 4.78 is 23.2. The van der Waals surface area contributed by atoms with Gasteiger partial charge < -0.3 is 16.5 Å². The summed E-state index contributed by atoms with van der Waals surface area (Å²) in [5.74, 6) is 0. The van der Waals surface area contributed by atoms with Gasteiger partial charge in [-0.15, -0.1) is 0 Å². The lowest BCUT2D eigenvalue weighted by Gasteiger charge is -2.36. The van der Waals surface area contributed by atoms with Gasteiger partial charge in [-0.3, -0.25) is 0 Å². The lowest BCUT2D eigenvalue weighted by molar-refractivity contribution is 0.324. The normalized spacial score (nSPS) is 15.2. The molecule has 16 heavy (non-hydrogen) atoms. The van der Waals surface area contributed by atoms with Crippen LogP contribution < -0.4 is 0 Å². The van der Waals surface area contributed by atoms with Crippen LogP contribution in [0.2, 0.25) is 45.8 Å². The molecule has 0 fully saturated rings. The Morgan fingerprint density at radius 2 is 1.31 bits per heavy atom. The van der Waals surface area contributed by atoms with Crippen molar-refractivity contribution in [1.82, 2.24) is 0 Å². The van der Waals surface area contributed by atoms with Gasteiger partial charge in [0.05, 0.1) is 0 Å². The van der Waals surface area contributed by atoms with Crippen molar-refractivity contribution in [1.29, 1.82) is 0 Å². The second-order valence-electron chi connectivity index (χ2n) is 5.67. The van der Waals surface area contributed by atoms with E-state index in [1.807, 2.05) is 0 Å². The van der Waals surface area contributed by atoms with Crippen LogP contribution in [0.5, 0.6) is 0 Å². The van der Waals surface area contributed by atoms with E-state index in [-0.39, 0.29) is 0 Å². The molecule has 0 saturated heterocycles. The molecule has 0 aromatic carbocycles. The molecule has 9 heteroatoms. The topological polar surface area (TPSA) is 36.9 Å². The van der Waals surface area contributed by atoms with E-state index in [1.54, 1.807) is 0 Å². The third kappa shape index (κ3) is 9.01. The van der Waals surface area contributed by atoms with Crippen LogP contribution in [0, 0.1) is 0 Å². The maximum absolute atomic E-state index is 6.14. The molecule has 0 amide bonds. The van der Waals surface area contributed by atoms with Crippen LogP contribution in [0.15, 0.2) is 0 Å². The summed E-state index contributed by atoms with van der Waals surface area (Å²) in [4.78, 5) is 0. The summed E-state index contributed by atoms with van der Waals surface area (Å²) in [6.45, 7) is 14.9. The van der Waals surface area contributed by atoms with Gasteiger partial charge in [0.15, 0.2) is 8.32 Å². The second kappa shape index (κ2) is 6.20. The molecule has 0 unspecified atom stereocenters. The minimum atomic E-state index is -2.05. The molecule has 0 N–H and O–H groups in total. The zero-order chi connectivity index (χ0) is 13.0. The third-order valence-electron chi connectivity index (χ3n) is 1.57. The number of hydrogen-bond donors (Lipinski definition) is 0. The van der Waals surface area contributed by atoms with Gasteiger partial charge in [0.1, 0.15) is 10.5 Å². The molecule has 0 aromatic heterocycles. The van der Waals surface area contributed by atoms with Crippen molar-refractivity contribution in [2.24, 2.45) is 0 Å². The van der Waals surface area contributed by atoms with Crippen molar-refractivity contribution < 1.29 is 16.5 Å². The highest BCUT2D eigenvalue weighted by Gasteiger charge is 2.38. The van der Waals surface area contributed by atoms with Gasteiger partial charge in [0.25, 0.3) is 10.0 Å². The Morgan fingerprint density at radius 1 is 0.812 bits per heavy atom. The summed E-state index contributed by atoms with van der Waals surface area (Å²) in [5, 5.41) is 0. The summed E-state index contributed by atoms with van der Waals surface area (Å²) in [6, 6.07) is 0. The minimum Gasteiger partial charge on any atom is -0.449 e. The highest BCUT2D eigenvalue weighted by atomic mass is 28.5. The average Bonchev–Trinajstić information content (AvgIpc) is 1.93. The van der Waals surface area contributed by atoms with Crippen molar-refractivity contribution in [2.75, 3.05) is 0 Å². The van der Waals surface area contributed by atoms with Gasteiger partial charge in [0, 0.05) is 0 Å². The van der Waals surface area contributed by atoms with Gasteiger partial charge in [-0.1, -0.05) is 0 Å². The molecular formula is C7H26O4Si5. The van der Waals surface area contributed by atoms with E-state index >= 15 is 0 Å². The Hall–Kier alpha value is 0.924. The summed E-state index contributed by atoms with van der Waals surface area (Å²) in [7, 11) is -5.68. The Balaban J connectivity index is 4.33. The van der Waals surface area contributed by atoms with E-state index in [0.717, 1.165) is 10.5 Å². The lowest BCUT2D eigenvalue weighted by atomic mass is 11.8. The maximum Gasteiger partial charge on any atom is 0.313 e. The van der Waals surface area contributed by atoms with E-state index in [2.05, 4.69) is 45.8 Å². The van der Waals surface area contributed by atoms with Crippen molar-refractivity contribution in [3.8, 4) is 0 Å².